The van der Waals surface area contributed by atoms with Gasteiger partial charge in [-0.25, -0.2) is 0 Å². The van der Waals surface area contributed by atoms with Gasteiger partial charge in [-0.05, 0) is 62.1 Å². The molecular weight excluding hydrogens is 366 g/mol. The van der Waals surface area contributed by atoms with Gasteiger partial charge in [0.05, 0.1) is 5.69 Å². The molecule has 0 aliphatic carbocycles. The summed E-state index contributed by atoms with van der Waals surface area (Å²) in [5, 5.41) is 7.30. The summed E-state index contributed by atoms with van der Waals surface area (Å²) >= 11 is 0. The Labute approximate surface area is 171 Å². The molecule has 1 aromatic carbocycles. The predicted molar refractivity (Wildman–Crippen MR) is 112 cm³/mol. The van der Waals surface area contributed by atoms with Crippen molar-refractivity contribution in [3.05, 3.63) is 70.9 Å². The van der Waals surface area contributed by atoms with Crippen molar-refractivity contribution in [3.8, 4) is 5.75 Å². The molecule has 0 fully saturated rings. The molecular formula is C23H29N3O3. The second-order valence-electron chi connectivity index (χ2n) is 7.54. The zero-order valence-electron chi connectivity index (χ0n) is 17.6. The third kappa shape index (κ3) is 5.73. The van der Waals surface area contributed by atoms with E-state index in [-0.39, 0.29) is 12.5 Å². The lowest BCUT2D eigenvalue weighted by molar-refractivity contribution is 0.0920. The Kier molecular flexibility index (Phi) is 6.75. The smallest absolute Gasteiger partial charge is 0.286 e. The number of amides is 1. The van der Waals surface area contributed by atoms with Gasteiger partial charge >= 0.3 is 0 Å². The Morgan fingerprint density at radius 3 is 2.59 bits per heavy atom. The SMILES string of the molecule is Cc1cc(C)n(CCCNC(=O)c2ccc(COc3ccc(C(C)C)cc3)o2)n1. The van der Waals surface area contributed by atoms with Gasteiger partial charge in [-0.15, -0.1) is 0 Å². The molecule has 0 atom stereocenters. The number of nitrogens with zero attached hydrogens (tertiary/aromatic N) is 2. The fraction of sp³-hybridized carbons (Fsp3) is 0.391. The Morgan fingerprint density at radius 1 is 1.17 bits per heavy atom. The van der Waals surface area contributed by atoms with Gasteiger partial charge in [0.15, 0.2) is 5.76 Å². The molecule has 0 aliphatic heterocycles. The van der Waals surface area contributed by atoms with Crippen LogP contribution in [0.1, 0.15) is 59.5 Å². The molecule has 0 aliphatic rings. The van der Waals surface area contributed by atoms with Gasteiger partial charge in [0.1, 0.15) is 18.1 Å². The van der Waals surface area contributed by atoms with Crippen molar-refractivity contribution in [2.45, 2.75) is 53.2 Å². The summed E-state index contributed by atoms with van der Waals surface area (Å²) in [6, 6.07) is 13.5. The van der Waals surface area contributed by atoms with Crippen molar-refractivity contribution in [1.82, 2.24) is 15.1 Å². The maximum Gasteiger partial charge on any atom is 0.286 e. The van der Waals surface area contributed by atoms with E-state index in [1.165, 1.54) is 5.56 Å². The van der Waals surface area contributed by atoms with Crippen LogP contribution in [0.15, 0.2) is 46.9 Å². The van der Waals surface area contributed by atoms with Crippen LogP contribution in [-0.2, 0) is 13.2 Å². The van der Waals surface area contributed by atoms with Crippen molar-refractivity contribution >= 4 is 5.91 Å². The number of aromatic nitrogens is 2. The molecule has 0 radical (unpaired) electrons. The van der Waals surface area contributed by atoms with Gasteiger partial charge in [0.2, 0.25) is 0 Å². The molecule has 2 aromatic heterocycles. The van der Waals surface area contributed by atoms with Crippen molar-refractivity contribution in [3.63, 3.8) is 0 Å². The molecule has 0 saturated carbocycles. The van der Waals surface area contributed by atoms with Gasteiger partial charge in [0, 0.05) is 18.8 Å². The second-order valence-corrected chi connectivity index (χ2v) is 7.54. The van der Waals surface area contributed by atoms with E-state index in [1.54, 1.807) is 12.1 Å². The fourth-order valence-electron chi connectivity index (χ4n) is 3.10. The Bertz CT molecular complexity index is 939. The number of hydrogen-bond acceptors (Lipinski definition) is 4. The van der Waals surface area contributed by atoms with Crippen LogP contribution in [0.5, 0.6) is 5.75 Å². The molecule has 1 N–H and O–H groups in total. The number of hydrogen-bond donors (Lipinski definition) is 1. The summed E-state index contributed by atoms with van der Waals surface area (Å²) in [6.45, 7) is 9.94. The molecule has 6 heteroatoms. The lowest BCUT2D eigenvalue weighted by Crippen LogP contribution is -2.25. The quantitative estimate of drug-likeness (QED) is 0.537. The average Bonchev–Trinajstić information content (AvgIpc) is 3.30. The van der Waals surface area contributed by atoms with Crippen molar-refractivity contribution in [1.29, 1.82) is 0 Å². The van der Waals surface area contributed by atoms with Crippen LogP contribution in [0.2, 0.25) is 0 Å². The summed E-state index contributed by atoms with van der Waals surface area (Å²) in [6.07, 6.45) is 0.802. The number of furan rings is 1. The highest BCUT2D eigenvalue weighted by Crippen LogP contribution is 2.20. The molecule has 3 aromatic rings. The molecule has 0 unspecified atom stereocenters. The zero-order valence-corrected chi connectivity index (χ0v) is 17.6. The van der Waals surface area contributed by atoms with E-state index in [0.29, 0.717) is 24.0 Å². The van der Waals surface area contributed by atoms with Crippen molar-refractivity contribution in [2.24, 2.45) is 0 Å². The number of carbonyl (C=O) groups excluding carboxylic acids is 1. The van der Waals surface area contributed by atoms with E-state index >= 15 is 0 Å². The molecule has 154 valence electrons. The van der Waals surface area contributed by atoms with Gasteiger partial charge < -0.3 is 14.5 Å². The number of carbonyl (C=O) groups is 1. The topological polar surface area (TPSA) is 69.3 Å². The van der Waals surface area contributed by atoms with E-state index in [9.17, 15) is 4.79 Å². The normalized spacial score (nSPS) is 11.1. The number of nitrogens with one attached hydrogen (secondary N) is 1. The second kappa shape index (κ2) is 9.45. The van der Waals surface area contributed by atoms with E-state index in [2.05, 4.69) is 36.4 Å². The third-order valence-corrected chi connectivity index (χ3v) is 4.75. The highest BCUT2D eigenvalue weighted by atomic mass is 16.5. The van der Waals surface area contributed by atoms with Gasteiger partial charge in [-0.2, -0.15) is 5.10 Å². The molecule has 1 amide bonds. The number of ether oxygens (including phenoxy) is 1. The molecule has 6 nitrogen and oxygen atoms in total. The van der Waals surface area contributed by atoms with E-state index < -0.39 is 0 Å². The fourth-order valence-corrected chi connectivity index (χ4v) is 3.10. The number of benzene rings is 1. The summed E-state index contributed by atoms with van der Waals surface area (Å²) in [5.41, 5.74) is 3.41. The van der Waals surface area contributed by atoms with Crippen LogP contribution in [-0.4, -0.2) is 22.2 Å². The standard InChI is InChI=1S/C23H29N3O3/c1-16(2)19-6-8-20(9-7-19)28-15-21-10-11-22(29-21)23(27)24-12-5-13-26-18(4)14-17(3)25-26/h6-11,14,16H,5,12-13,15H2,1-4H3,(H,24,27). The Hall–Kier alpha value is -3.02. The lowest BCUT2D eigenvalue weighted by atomic mass is 10.0. The molecule has 2 heterocycles. The first-order valence-corrected chi connectivity index (χ1v) is 10.0. The molecule has 29 heavy (non-hydrogen) atoms. The molecule has 3 rings (SSSR count). The largest absolute Gasteiger partial charge is 0.486 e. The molecule has 0 spiro atoms. The van der Waals surface area contributed by atoms with Crippen LogP contribution in [0, 0.1) is 13.8 Å². The van der Waals surface area contributed by atoms with Crippen molar-refractivity contribution in [2.75, 3.05) is 6.54 Å². The monoisotopic (exact) mass is 395 g/mol. The number of rotatable bonds is 9. The van der Waals surface area contributed by atoms with Crippen LogP contribution >= 0.6 is 0 Å². The van der Waals surface area contributed by atoms with Crippen LogP contribution < -0.4 is 10.1 Å². The minimum absolute atomic E-state index is 0.217. The minimum atomic E-state index is -0.217. The van der Waals surface area contributed by atoms with E-state index in [1.807, 2.05) is 36.7 Å². The van der Waals surface area contributed by atoms with Crippen LogP contribution in [0.3, 0.4) is 0 Å². The van der Waals surface area contributed by atoms with Gasteiger partial charge in [0.25, 0.3) is 5.91 Å². The maximum atomic E-state index is 12.2. The zero-order chi connectivity index (χ0) is 20.8. The predicted octanol–water partition coefficient (Wildman–Crippen LogP) is 4.62. The van der Waals surface area contributed by atoms with Crippen LogP contribution in [0.25, 0.3) is 0 Å². The average molecular weight is 396 g/mol. The van der Waals surface area contributed by atoms with Crippen molar-refractivity contribution < 1.29 is 13.9 Å². The van der Waals surface area contributed by atoms with Crippen LogP contribution in [0.4, 0.5) is 0 Å². The Morgan fingerprint density at radius 2 is 1.93 bits per heavy atom. The Balaban J connectivity index is 1.42. The first-order valence-electron chi connectivity index (χ1n) is 10.0. The van der Waals surface area contributed by atoms with E-state index in [0.717, 1.165) is 30.1 Å². The highest BCUT2D eigenvalue weighted by Gasteiger charge is 2.11. The first kappa shape index (κ1) is 20.7. The van der Waals surface area contributed by atoms with E-state index in [4.69, 9.17) is 9.15 Å². The number of aryl methyl sites for hydroxylation is 3. The summed E-state index contributed by atoms with van der Waals surface area (Å²) in [7, 11) is 0. The molecule has 0 bridgehead atoms. The minimum Gasteiger partial charge on any atom is -0.486 e. The lowest BCUT2D eigenvalue weighted by Gasteiger charge is -2.08. The first-order chi connectivity index (χ1) is 13.9. The molecule has 0 saturated heterocycles. The summed E-state index contributed by atoms with van der Waals surface area (Å²) < 4.78 is 13.3. The maximum absolute atomic E-state index is 12.2. The van der Waals surface area contributed by atoms with Gasteiger partial charge in [-0.1, -0.05) is 26.0 Å². The highest BCUT2D eigenvalue weighted by molar-refractivity contribution is 5.91. The summed E-state index contributed by atoms with van der Waals surface area (Å²) in [5.74, 6) is 1.96. The third-order valence-electron chi connectivity index (χ3n) is 4.75. The van der Waals surface area contributed by atoms with Gasteiger partial charge in [-0.3, -0.25) is 9.48 Å². The summed E-state index contributed by atoms with van der Waals surface area (Å²) in [4.78, 5) is 12.2.